The highest BCUT2D eigenvalue weighted by Crippen LogP contribution is 2.18. The first-order chi connectivity index (χ1) is 9.06. The molecule has 2 rings (SSSR count). The molecule has 0 aliphatic rings. The van der Waals surface area contributed by atoms with Gasteiger partial charge in [0.15, 0.2) is 0 Å². The third-order valence-corrected chi connectivity index (χ3v) is 3.51. The van der Waals surface area contributed by atoms with Crippen LogP contribution in [-0.2, 0) is 6.54 Å². The standard InChI is InChI=1S/C15H14Cl2FN/c1-10(12-3-5-13(16)6-4-12)19-9-11-2-7-15(18)14(17)8-11/h2-8,10,19H,9H2,1H3/t10-/m0/s1. The Morgan fingerprint density at radius 3 is 2.42 bits per heavy atom. The fourth-order valence-corrected chi connectivity index (χ4v) is 2.12. The van der Waals surface area contributed by atoms with Crippen LogP contribution in [0.3, 0.4) is 0 Å². The minimum atomic E-state index is -0.392. The summed E-state index contributed by atoms with van der Waals surface area (Å²) < 4.78 is 13.0. The van der Waals surface area contributed by atoms with Crippen molar-refractivity contribution in [3.63, 3.8) is 0 Å². The highest BCUT2D eigenvalue weighted by molar-refractivity contribution is 6.31. The average Bonchev–Trinajstić information content (AvgIpc) is 2.40. The molecule has 0 saturated heterocycles. The first-order valence-electron chi connectivity index (χ1n) is 5.99. The number of hydrogen-bond donors (Lipinski definition) is 1. The van der Waals surface area contributed by atoms with Crippen molar-refractivity contribution in [3.05, 3.63) is 69.5 Å². The summed E-state index contributed by atoms with van der Waals surface area (Å²) in [6, 6.07) is 12.6. The Morgan fingerprint density at radius 1 is 1.11 bits per heavy atom. The normalized spacial score (nSPS) is 12.4. The Morgan fingerprint density at radius 2 is 1.79 bits per heavy atom. The highest BCUT2D eigenvalue weighted by atomic mass is 35.5. The van der Waals surface area contributed by atoms with E-state index in [0.717, 1.165) is 16.1 Å². The van der Waals surface area contributed by atoms with Crippen molar-refractivity contribution in [2.75, 3.05) is 0 Å². The molecule has 100 valence electrons. The zero-order chi connectivity index (χ0) is 13.8. The molecule has 1 nitrogen and oxygen atoms in total. The van der Waals surface area contributed by atoms with E-state index in [2.05, 4.69) is 12.2 Å². The van der Waals surface area contributed by atoms with Crippen molar-refractivity contribution < 1.29 is 4.39 Å². The molecule has 0 aromatic heterocycles. The topological polar surface area (TPSA) is 12.0 Å². The van der Waals surface area contributed by atoms with Crippen molar-refractivity contribution in [3.8, 4) is 0 Å². The molecule has 2 aromatic rings. The van der Waals surface area contributed by atoms with E-state index in [9.17, 15) is 4.39 Å². The molecule has 0 spiro atoms. The number of nitrogens with one attached hydrogen (secondary N) is 1. The van der Waals surface area contributed by atoms with Gasteiger partial charge in [0, 0.05) is 17.6 Å². The minimum absolute atomic E-state index is 0.151. The second-order valence-corrected chi connectivity index (χ2v) is 5.25. The van der Waals surface area contributed by atoms with Crippen molar-refractivity contribution in [2.24, 2.45) is 0 Å². The summed E-state index contributed by atoms with van der Waals surface area (Å²) in [5.41, 5.74) is 2.10. The molecule has 0 radical (unpaired) electrons. The number of hydrogen-bond acceptors (Lipinski definition) is 1. The van der Waals surface area contributed by atoms with E-state index in [1.54, 1.807) is 12.1 Å². The van der Waals surface area contributed by atoms with Gasteiger partial charge >= 0.3 is 0 Å². The third-order valence-electron chi connectivity index (χ3n) is 2.97. The van der Waals surface area contributed by atoms with Gasteiger partial charge in [-0.1, -0.05) is 41.4 Å². The van der Waals surface area contributed by atoms with Gasteiger partial charge < -0.3 is 5.32 Å². The van der Waals surface area contributed by atoms with Gasteiger partial charge in [-0.2, -0.15) is 0 Å². The molecule has 0 amide bonds. The highest BCUT2D eigenvalue weighted by Gasteiger charge is 2.06. The van der Waals surface area contributed by atoms with Crippen LogP contribution in [0.1, 0.15) is 24.1 Å². The quantitative estimate of drug-likeness (QED) is 0.839. The van der Waals surface area contributed by atoms with Gasteiger partial charge in [-0.05, 0) is 42.3 Å². The second-order valence-electron chi connectivity index (χ2n) is 4.40. The van der Waals surface area contributed by atoms with Crippen LogP contribution in [0.15, 0.2) is 42.5 Å². The van der Waals surface area contributed by atoms with Gasteiger partial charge in [0.05, 0.1) is 5.02 Å². The lowest BCUT2D eigenvalue weighted by molar-refractivity contribution is 0.573. The SMILES string of the molecule is C[C@H](NCc1ccc(F)c(Cl)c1)c1ccc(Cl)cc1. The molecule has 1 N–H and O–H groups in total. The maximum atomic E-state index is 13.0. The molecule has 4 heteroatoms. The number of halogens is 3. The largest absolute Gasteiger partial charge is 0.306 e. The van der Waals surface area contributed by atoms with Crippen LogP contribution in [0.5, 0.6) is 0 Å². The monoisotopic (exact) mass is 297 g/mol. The van der Waals surface area contributed by atoms with Gasteiger partial charge in [0.1, 0.15) is 5.82 Å². The van der Waals surface area contributed by atoms with E-state index >= 15 is 0 Å². The van der Waals surface area contributed by atoms with Gasteiger partial charge in [0.2, 0.25) is 0 Å². The summed E-state index contributed by atoms with van der Waals surface area (Å²) in [5, 5.41) is 4.23. The molecule has 2 aromatic carbocycles. The van der Waals surface area contributed by atoms with E-state index < -0.39 is 5.82 Å². The van der Waals surface area contributed by atoms with Crippen molar-refractivity contribution in [1.29, 1.82) is 0 Å². The van der Waals surface area contributed by atoms with E-state index in [0.29, 0.717) is 6.54 Å². The summed E-state index contributed by atoms with van der Waals surface area (Å²) in [6.45, 7) is 2.69. The van der Waals surface area contributed by atoms with Crippen LogP contribution in [0, 0.1) is 5.82 Å². The Labute approximate surface area is 122 Å². The predicted molar refractivity (Wildman–Crippen MR) is 78.1 cm³/mol. The van der Waals surface area contributed by atoms with E-state index in [1.807, 2.05) is 24.3 Å². The summed E-state index contributed by atoms with van der Waals surface area (Å²) >= 11 is 11.6. The zero-order valence-electron chi connectivity index (χ0n) is 10.5. The zero-order valence-corrected chi connectivity index (χ0v) is 12.0. The van der Waals surface area contributed by atoms with Gasteiger partial charge in [0.25, 0.3) is 0 Å². The smallest absolute Gasteiger partial charge is 0.141 e. The fourth-order valence-electron chi connectivity index (χ4n) is 1.79. The molecule has 19 heavy (non-hydrogen) atoms. The van der Waals surface area contributed by atoms with Gasteiger partial charge in [-0.25, -0.2) is 4.39 Å². The number of benzene rings is 2. The lowest BCUT2D eigenvalue weighted by atomic mass is 10.1. The molecule has 0 unspecified atom stereocenters. The maximum Gasteiger partial charge on any atom is 0.141 e. The van der Waals surface area contributed by atoms with Crippen LogP contribution in [0.4, 0.5) is 4.39 Å². The van der Waals surface area contributed by atoms with Crippen LogP contribution in [-0.4, -0.2) is 0 Å². The Balaban J connectivity index is 1.98. The maximum absolute atomic E-state index is 13.0. The molecular weight excluding hydrogens is 284 g/mol. The van der Waals surface area contributed by atoms with Crippen LogP contribution in [0.25, 0.3) is 0 Å². The van der Waals surface area contributed by atoms with E-state index in [1.165, 1.54) is 6.07 Å². The average molecular weight is 298 g/mol. The Bertz CT molecular complexity index is 555. The summed E-state index contributed by atoms with van der Waals surface area (Å²) in [5.74, 6) is -0.392. The molecule has 0 heterocycles. The summed E-state index contributed by atoms with van der Waals surface area (Å²) in [4.78, 5) is 0. The second kappa shape index (κ2) is 6.38. The van der Waals surface area contributed by atoms with Crippen LogP contribution >= 0.6 is 23.2 Å². The number of rotatable bonds is 4. The third kappa shape index (κ3) is 3.93. The van der Waals surface area contributed by atoms with Gasteiger partial charge in [-0.3, -0.25) is 0 Å². The molecule has 0 aliphatic heterocycles. The molecule has 0 saturated carbocycles. The summed E-state index contributed by atoms with van der Waals surface area (Å²) in [6.07, 6.45) is 0. The van der Waals surface area contributed by atoms with E-state index in [-0.39, 0.29) is 11.1 Å². The molecule has 0 fully saturated rings. The Kier molecular flexibility index (Phi) is 4.81. The Hall–Kier alpha value is -1.09. The first kappa shape index (κ1) is 14.3. The fraction of sp³-hybridized carbons (Fsp3) is 0.200. The van der Waals surface area contributed by atoms with Crippen LogP contribution in [0.2, 0.25) is 10.0 Å². The predicted octanol–water partition coefficient (Wildman–Crippen LogP) is 4.98. The van der Waals surface area contributed by atoms with Crippen molar-refractivity contribution in [2.45, 2.75) is 19.5 Å². The van der Waals surface area contributed by atoms with Gasteiger partial charge in [-0.15, -0.1) is 0 Å². The lowest BCUT2D eigenvalue weighted by Crippen LogP contribution is -2.18. The van der Waals surface area contributed by atoms with Crippen molar-refractivity contribution >= 4 is 23.2 Å². The molecule has 0 bridgehead atoms. The first-order valence-corrected chi connectivity index (χ1v) is 6.74. The molecule has 0 aliphatic carbocycles. The molecule has 1 atom stereocenters. The molecular formula is C15H14Cl2FN. The summed E-state index contributed by atoms with van der Waals surface area (Å²) in [7, 11) is 0. The lowest BCUT2D eigenvalue weighted by Gasteiger charge is -2.14. The van der Waals surface area contributed by atoms with Crippen LogP contribution < -0.4 is 5.32 Å². The van der Waals surface area contributed by atoms with E-state index in [4.69, 9.17) is 23.2 Å². The van der Waals surface area contributed by atoms with Crippen molar-refractivity contribution in [1.82, 2.24) is 5.32 Å². The minimum Gasteiger partial charge on any atom is -0.306 e.